The van der Waals surface area contributed by atoms with E-state index in [1.165, 1.54) is 18.3 Å². The molecule has 0 spiro atoms. The lowest BCUT2D eigenvalue weighted by molar-refractivity contribution is -0.385. The molecule has 0 bridgehead atoms. The van der Waals surface area contributed by atoms with E-state index in [0.29, 0.717) is 17.9 Å². The number of hydrogen-bond donors (Lipinski definition) is 1. The van der Waals surface area contributed by atoms with Crippen LogP contribution in [0.3, 0.4) is 0 Å². The number of hydrazone groups is 1. The van der Waals surface area contributed by atoms with Crippen LogP contribution in [0.25, 0.3) is 0 Å². The lowest BCUT2D eigenvalue weighted by atomic mass is 10.1. The van der Waals surface area contributed by atoms with Crippen molar-refractivity contribution in [2.45, 2.75) is 20.3 Å². The number of nitro benzene ring substituents is 1. The molecule has 0 aliphatic carbocycles. The monoisotopic (exact) mass is 293 g/mol. The van der Waals surface area contributed by atoms with Gasteiger partial charge in [-0.3, -0.25) is 14.9 Å². The van der Waals surface area contributed by atoms with Gasteiger partial charge in [0.15, 0.2) is 11.5 Å². The first-order valence-corrected chi connectivity index (χ1v) is 6.37. The summed E-state index contributed by atoms with van der Waals surface area (Å²) in [6.07, 6.45) is 1.55. The summed E-state index contributed by atoms with van der Waals surface area (Å²) in [6.45, 7) is 3.84. The molecule has 1 aromatic carbocycles. The van der Waals surface area contributed by atoms with Gasteiger partial charge in [-0.25, -0.2) is 5.43 Å². The number of carbonyl (C=O) groups excluding carboxylic acids is 1. The highest BCUT2D eigenvalue weighted by atomic mass is 16.7. The van der Waals surface area contributed by atoms with Crippen LogP contribution >= 0.6 is 0 Å². The molecule has 0 atom stereocenters. The van der Waals surface area contributed by atoms with Crippen LogP contribution < -0.4 is 14.9 Å². The smallest absolute Gasteiger partial charge is 0.282 e. The van der Waals surface area contributed by atoms with Gasteiger partial charge in [-0.15, -0.1) is 0 Å². The molecule has 0 aromatic heterocycles. The average molecular weight is 293 g/mol. The van der Waals surface area contributed by atoms with Crippen molar-refractivity contribution >= 4 is 17.8 Å². The van der Waals surface area contributed by atoms with Crippen molar-refractivity contribution < 1.29 is 19.2 Å². The number of nitrogens with zero attached hydrogens (tertiary/aromatic N) is 2. The molecule has 0 fully saturated rings. The van der Waals surface area contributed by atoms with E-state index in [0.717, 1.165) is 0 Å². The predicted molar refractivity (Wildman–Crippen MR) is 74.4 cm³/mol. The Morgan fingerprint density at radius 3 is 2.76 bits per heavy atom. The largest absolute Gasteiger partial charge is 0.454 e. The summed E-state index contributed by atoms with van der Waals surface area (Å²) in [4.78, 5) is 21.9. The minimum absolute atomic E-state index is 0.0260. The Labute approximate surface area is 120 Å². The van der Waals surface area contributed by atoms with Gasteiger partial charge < -0.3 is 9.47 Å². The van der Waals surface area contributed by atoms with E-state index < -0.39 is 4.92 Å². The molecule has 1 heterocycles. The van der Waals surface area contributed by atoms with Crippen LogP contribution in [0.1, 0.15) is 25.8 Å². The molecule has 112 valence electrons. The maximum Gasteiger partial charge on any atom is 0.282 e. The van der Waals surface area contributed by atoms with Crippen LogP contribution in [-0.2, 0) is 4.79 Å². The summed E-state index contributed by atoms with van der Waals surface area (Å²) < 4.78 is 10.2. The van der Waals surface area contributed by atoms with E-state index in [2.05, 4.69) is 10.5 Å². The second-order valence-corrected chi connectivity index (χ2v) is 4.91. The molecule has 21 heavy (non-hydrogen) atoms. The highest BCUT2D eigenvalue weighted by molar-refractivity contribution is 5.88. The van der Waals surface area contributed by atoms with Gasteiger partial charge in [-0.05, 0) is 12.0 Å². The SMILES string of the molecule is CC(C)CC(=O)N/N=C\c1cc2c(cc1[N+](=O)[O-])OCO2. The van der Waals surface area contributed by atoms with Gasteiger partial charge in [0.25, 0.3) is 5.69 Å². The van der Waals surface area contributed by atoms with Crippen molar-refractivity contribution in [3.63, 3.8) is 0 Å². The van der Waals surface area contributed by atoms with Crippen LogP contribution in [0, 0.1) is 16.0 Å². The summed E-state index contributed by atoms with van der Waals surface area (Å²) in [7, 11) is 0. The fourth-order valence-electron chi connectivity index (χ4n) is 1.80. The number of carbonyl (C=O) groups is 1. The van der Waals surface area contributed by atoms with Crippen molar-refractivity contribution in [1.82, 2.24) is 5.43 Å². The van der Waals surface area contributed by atoms with Crippen LogP contribution in [0.4, 0.5) is 5.69 Å². The zero-order chi connectivity index (χ0) is 15.4. The van der Waals surface area contributed by atoms with E-state index in [1.54, 1.807) is 0 Å². The van der Waals surface area contributed by atoms with E-state index in [1.807, 2.05) is 13.8 Å². The average Bonchev–Trinajstić information content (AvgIpc) is 2.83. The summed E-state index contributed by atoms with van der Waals surface area (Å²) in [5.74, 6) is 0.697. The summed E-state index contributed by atoms with van der Waals surface area (Å²) >= 11 is 0. The van der Waals surface area contributed by atoms with Crippen LogP contribution in [0.2, 0.25) is 0 Å². The third-order valence-corrected chi connectivity index (χ3v) is 2.71. The van der Waals surface area contributed by atoms with Gasteiger partial charge in [-0.2, -0.15) is 5.10 Å². The Kier molecular flexibility index (Phi) is 4.36. The van der Waals surface area contributed by atoms with Crippen LogP contribution in [0.15, 0.2) is 17.2 Å². The van der Waals surface area contributed by atoms with Crippen LogP contribution in [-0.4, -0.2) is 23.8 Å². The highest BCUT2D eigenvalue weighted by Gasteiger charge is 2.22. The molecule has 1 aliphatic heterocycles. The molecular weight excluding hydrogens is 278 g/mol. The van der Waals surface area contributed by atoms with E-state index in [9.17, 15) is 14.9 Å². The predicted octanol–water partition coefficient (Wildman–Crippen LogP) is 1.82. The van der Waals surface area contributed by atoms with E-state index >= 15 is 0 Å². The van der Waals surface area contributed by atoms with Gasteiger partial charge in [0.05, 0.1) is 22.8 Å². The minimum atomic E-state index is -0.542. The number of rotatable bonds is 5. The van der Waals surface area contributed by atoms with Gasteiger partial charge >= 0.3 is 0 Å². The second kappa shape index (κ2) is 6.21. The van der Waals surface area contributed by atoms with Gasteiger partial charge in [0.1, 0.15) is 0 Å². The standard InChI is InChI=1S/C13H15N3O5/c1-8(2)3-13(17)15-14-6-9-4-11-12(21-7-20-11)5-10(9)16(18)19/h4-6,8H,3,7H2,1-2H3,(H,15,17)/b14-6-. The highest BCUT2D eigenvalue weighted by Crippen LogP contribution is 2.37. The summed E-state index contributed by atoms with van der Waals surface area (Å²) in [5, 5.41) is 14.8. The molecule has 0 unspecified atom stereocenters. The molecular formula is C13H15N3O5. The molecule has 2 rings (SSSR count). The molecule has 1 amide bonds. The van der Waals surface area contributed by atoms with Gasteiger partial charge in [-0.1, -0.05) is 13.8 Å². The van der Waals surface area contributed by atoms with E-state index in [4.69, 9.17) is 9.47 Å². The molecule has 1 aliphatic rings. The quantitative estimate of drug-likeness (QED) is 0.506. The number of amides is 1. The first kappa shape index (κ1) is 14.8. The van der Waals surface area contributed by atoms with Gasteiger partial charge in [0, 0.05) is 6.42 Å². The maximum absolute atomic E-state index is 11.4. The third-order valence-electron chi connectivity index (χ3n) is 2.71. The van der Waals surface area contributed by atoms with Crippen molar-refractivity contribution in [2.24, 2.45) is 11.0 Å². The lowest BCUT2D eigenvalue weighted by Crippen LogP contribution is -2.19. The topological polar surface area (TPSA) is 103 Å². The normalized spacial score (nSPS) is 12.9. The van der Waals surface area contributed by atoms with Crippen LogP contribution in [0.5, 0.6) is 11.5 Å². The molecule has 1 N–H and O–H groups in total. The second-order valence-electron chi connectivity index (χ2n) is 4.91. The Balaban J connectivity index is 2.15. The number of ether oxygens (including phenoxy) is 2. The molecule has 0 saturated heterocycles. The van der Waals surface area contributed by atoms with E-state index in [-0.39, 0.29) is 29.9 Å². The first-order chi connectivity index (χ1) is 9.97. The number of nitro groups is 1. The third kappa shape index (κ3) is 3.68. The maximum atomic E-state index is 11.4. The number of hydrogen-bond acceptors (Lipinski definition) is 6. The fraction of sp³-hybridized carbons (Fsp3) is 0.385. The fourth-order valence-corrected chi connectivity index (χ4v) is 1.80. The molecule has 8 heteroatoms. The number of benzene rings is 1. The first-order valence-electron chi connectivity index (χ1n) is 6.37. The van der Waals surface area contributed by atoms with Crippen molar-refractivity contribution in [3.05, 3.63) is 27.8 Å². The Morgan fingerprint density at radius 1 is 1.48 bits per heavy atom. The Hall–Kier alpha value is -2.64. The number of nitrogens with one attached hydrogen (secondary N) is 1. The minimum Gasteiger partial charge on any atom is -0.454 e. The lowest BCUT2D eigenvalue weighted by Gasteiger charge is -2.03. The Morgan fingerprint density at radius 2 is 2.14 bits per heavy atom. The zero-order valence-electron chi connectivity index (χ0n) is 11.7. The molecule has 0 saturated carbocycles. The molecule has 8 nitrogen and oxygen atoms in total. The zero-order valence-corrected chi connectivity index (χ0v) is 11.7. The Bertz CT molecular complexity index is 598. The van der Waals surface area contributed by atoms with Crippen molar-refractivity contribution in [2.75, 3.05) is 6.79 Å². The van der Waals surface area contributed by atoms with Gasteiger partial charge in [0.2, 0.25) is 12.7 Å². The van der Waals surface area contributed by atoms with Crippen molar-refractivity contribution in [1.29, 1.82) is 0 Å². The molecule has 0 radical (unpaired) electrons. The number of fused-ring (bicyclic) bond motifs is 1. The summed E-state index contributed by atoms with van der Waals surface area (Å²) in [5.41, 5.74) is 2.40. The van der Waals surface area contributed by atoms with Crippen molar-refractivity contribution in [3.8, 4) is 11.5 Å². The summed E-state index contributed by atoms with van der Waals surface area (Å²) in [6, 6.07) is 2.73. The molecule has 1 aromatic rings.